The van der Waals surface area contributed by atoms with Gasteiger partial charge in [0.1, 0.15) is 11.2 Å². The van der Waals surface area contributed by atoms with Crippen LogP contribution < -0.4 is 5.43 Å². The zero-order chi connectivity index (χ0) is 11.9. The van der Waals surface area contributed by atoms with Gasteiger partial charge in [-0.1, -0.05) is 0 Å². The highest BCUT2D eigenvalue weighted by molar-refractivity contribution is 9.10. The molecule has 6 heteroatoms. The Morgan fingerprint density at radius 1 is 1.56 bits per heavy atom. The van der Waals surface area contributed by atoms with Crippen molar-refractivity contribution >= 4 is 32.9 Å². The minimum atomic E-state index is -1.23. The fraction of sp³-hybridized carbons (Fsp3) is 0.100. The van der Waals surface area contributed by atoms with Crippen molar-refractivity contribution in [1.29, 1.82) is 0 Å². The molecule has 0 aliphatic carbocycles. The molecule has 82 valence electrons. The molecule has 1 N–H and O–H groups in total. The zero-order valence-electron chi connectivity index (χ0n) is 8.27. The largest absolute Gasteiger partial charge is 0.477 e. The predicted octanol–water partition coefficient (Wildman–Crippen LogP) is 1.39. The highest BCUT2D eigenvalue weighted by atomic mass is 79.9. The average Bonchev–Trinajstić information content (AvgIpc) is 2.22. The van der Waals surface area contributed by atoms with Crippen LogP contribution in [0.4, 0.5) is 0 Å². The summed E-state index contributed by atoms with van der Waals surface area (Å²) in [5.41, 5.74) is -0.317. The molecule has 0 unspecified atom stereocenters. The van der Waals surface area contributed by atoms with Crippen LogP contribution in [0.1, 0.15) is 10.4 Å². The first-order valence-corrected chi connectivity index (χ1v) is 5.18. The molecule has 0 saturated heterocycles. The number of rotatable bonds is 1. The van der Waals surface area contributed by atoms with Crippen molar-refractivity contribution in [3.63, 3.8) is 0 Å². The molecule has 2 rings (SSSR count). The van der Waals surface area contributed by atoms with Crippen LogP contribution in [-0.4, -0.2) is 20.6 Å². The fourth-order valence-electron chi connectivity index (χ4n) is 1.49. The summed E-state index contributed by atoms with van der Waals surface area (Å²) < 4.78 is 2.16. The molecule has 0 radical (unpaired) electrons. The number of carboxylic acid groups (broad SMARTS) is 1. The van der Waals surface area contributed by atoms with E-state index in [2.05, 4.69) is 20.9 Å². The monoisotopic (exact) mass is 282 g/mol. The molecule has 0 aliphatic heterocycles. The number of aromatic nitrogens is 2. The molecule has 0 bridgehead atoms. The Morgan fingerprint density at radius 2 is 2.25 bits per heavy atom. The average molecular weight is 283 g/mol. The highest BCUT2D eigenvalue weighted by Crippen LogP contribution is 2.14. The summed E-state index contributed by atoms with van der Waals surface area (Å²) >= 11 is 3.19. The van der Waals surface area contributed by atoms with Crippen LogP contribution in [0.25, 0.3) is 11.0 Å². The van der Waals surface area contributed by atoms with Crippen LogP contribution in [0, 0.1) is 0 Å². The summed E-state index contributed by atoms with van der Waals surface area (Å²) in [7, 11) is 1.65. The molecule has 0 saturated carbocycles. The maximum absolute atomic E-state index is 11.8. The molecule has 0 amide bonds. The van der Waals surface area contributed by atoms with Crippen LogP contribution in [-0.2, 0) is 7.05 Å². The second-order valence-electron chi connectivity index (χ2n) is 3.31. The van der Waals surface area contributed by atoms with E-state index in [4.69, 9.17) is 5.11 Å². The van der Waals surface area contributed by atoms with Gasteiger partial charge in [0.15, 0.2) is 0 Å². The van der Waals surface area contributed by atoms with Gasteiger partial charge < -0.3 is 9.67 Å². The summed E-state index contributed by atoms with van der Waals surface area (Å²) in [6.07, 6.45) is 2.83. The number of hydrogen-bond donors (Lipinski definition) is 1. The standard InChI is InChI=1S/C10H7BrN2O3/c1-13-4-7(10(15)16)8(14)6-2-5(11)3-12-9(6)13/h2-4H,1H3,(H,15,16). The van der Waals surface area contributed by atoms with Gasteiger partial charge in [-0.05, 0) is 22.0 Å². The van der Waals surface area contributed by atoms with Gasteiger partial charge in [-0.3, -0.25) is 4.79 Å². The molecule has 2 aromatic rings. The fourth-order valence-corrected chi connectivity index (χ4v) is 1.82. The molecule has 0 spiro atoms. The number of aryl methyl sites for hydroxylation is 1. The number of fused-ring (bicyclic) bond motifs is 1. The van der Waals surface area contributed by atoms with E-state index < -0.39 is 11.4 Å². The Balaban J connectivity index is 2.98. The normalized spacial score (nSPS) is 10.6. The van der Waals surface area contributed by atoms with Gasteiger partial charge in [-0.2, -0.15) is 0 Å². The summed E-state index contributed by atoms with van der Waals surface area (Å²) in [6, 6.07) is 1.57. The molecular formula is C10H7BrN2O3. The first kappa shape index (κ1) is 10.8. The number of carbonyl (C=O) groups is 1. The summed E-state index contributed by atoms with van der Waals surface area (Å²) in [5.74, 6) is -1.23. The topological polar surface area (TPSA) is 72.2 Å². The van der Waals surface area contributed by atoms with Crippen molar-refractivity contribution in [3.8, 4) is 0 Å². The lowest BCUT2D eigenvalue weighted by molar-refractivity contribution is 0.0695. The Bertz CT molecular complexity index is 648. The lowest BCUT2D eigenvalue weighted by Gasteiger charge is -2.05. The number of pyridine rings is 2. The van der Waals surface area contributed by atoms with E-state index >= 15 is 0 Å². The van der Waals surface area contributed by atoms with Crippen molar-refractivity contribution in [1.82, 2.24) is 9.55 Å². The van der Waals surface area contributed by atoms with Gasteiger partial charge in [-0.25, -0.2) is 9.78 Å². The van der Waals surface area contributed by atoms with Crippen LogP contribution in [0.15, 0.2) is 27.7 Å². The van der Waals surface area contributed by atoms with E-state index in [1.54, 1.807) is 19.3 Å². The molecule has 0 aliphatic rings. The predicted molar refractivity (Wildman–Crippen MR) is 61.6 cm³/mol. The maximum atomic E-state index is 11.8. The van der Waals surface area contributed by atoms with E-state index in [9.17, 15) is 9.59 Å². The number of carboxylic acids is 1. The van der Waals surface area contributed by atoms with Gasteiger partial charge in [0.2, 0.25) is 5.43 Å². The number of nitrogens with zero attached hydrogens (tertiary/aromatic N) is 2. The number of aromatic carboxylic acids is 1. The lowest BCUT2D eigenvalue weighted by atomic mass is 10.2. The molecule has 2 heterocycles. The van der Waals surface area contributed by atoms with E-state index in [1.807, 2.05) is 0 Å². The van der Waals surface area contributed by atoms with Crippen LogP contribution in [0.5, 0.6) is 0 Å². The van der Waals surface area contributed by atoms with E-state index in [0.717, 1.165) is 0 Å². The minimum Gasteiger partial charge on any atom is -0.477 e. The Labute approximate surface area is 98.5 Å². The van der Waals surface area contributed by atoms with Gasteiger partial charge >= 0.3 is 5.97 Å². The molecule has 0 atom stereocenters. The third-order valence-corrected chi connectivity index (χ3v) is 2.64. The molecule has 5 nitrogen and oxygen atoms in total. The van der Waals surface area contributed by atoms with Crippen molar-refractivity contribution in [3.05, 3.63) is 38.7 Å². The molecule has 2 aromatic heterocycles. The molecular weight excluding hydrogens is 276 g/mol. The third kappa shape index (κ3) is 1.61. The number of halogens is 1. The van der Waals surface area contributed by atoms with Crippen molar-refractivity contribution in [2.45, 2.75) is 0 Å². The highest BCUT2D eigenvalue weighted by Gasteiger charge is 2.13. The Morgan fingerprint density at radius 3 is 2.88 bits per heavy atom. The first-order valence-electron chi connectivity index (χ1n) is 4.39. The van der Waals surface area contributed by atoms with Gasteiger partial charge in [-0.15, -0.1) is 0 Å². The molecule has 0 fully saturated rings. The minimum absolute atomic E-state index is 0.255. The van der Waals surface area contributed by atoms with E-state index in [1.165, 1.54) is 10.8 Å². The van der Waals surface area contributed by atoms with Gasteiger partial charge in [0.25, 0.3) is 0 Å². The SMILES string of the molecule is Cn1cc(C(=O)O)c(=O)c2cc(Br)cnc21. The summed E-state index contributed by atoms with van der Waals surface area (Å²) in [6.45, 7) is 0. The quantitative estimate of drug-likeness (QED) is 0.858. The Kier molecular flexibility index (Phi) is 2.51. The van der Waals surface area contributed by atoms with E-state index in [-0.39, 0.29) is 10.9 Å². The van der Waals surface area contributed by atoms with Crippen LogP contribution in [0.2, 0.25) is 0 Å². The maximum Gasteiger partial charge on any atom is 0.341 e. The van der Waals surface area contributed by atoms with Crippen LogP contribution >= 0.6 is 15.9 Å². The van der Waals surface area contributed by atoms with Crippen molar-refractivity contribution < 1.29 is 9.90 Å². The summed E-state index contributed by atoms with van der Waals surface area (Å²) in [4.78, 5) is 26.7. The second kappa shape index (κ2) is 3.71. The lowest BCUT2D eigenvalue weighted by Crippen LogP contribution is -2.18. The van der Waals surface area contributed by atoms with E-state index in [0.29, 0.717) is 10.1 Å². The van der Waals surface area contributed by atoms with Crippen molar-refractivity contribution in [2.75, 3.05) is 0 Å². The zero-order valence-corrected chi connectivity index (χ0v) is 9.85. The molecule has 0 aromatic carbocycles. The molecule has 16 heavy (non-hydrogen) atoms. The smallest absolute Gasteiger partial charge is 0.341 e. The second-order valence-corrected chi connectivity index (χ2v) is 4.23. The first-order chi connectivity index (χ1) is 7.50. The van der Waals surface area contributed by atoms with Crippen LogP contribution in [0.3, 0.4) is 0 Å². The van der Waals surface area contributed by atoms with Crippen molar-refractivity contribution in [2.24, 2.45) is 7.05 Å². The Hall–Kier alpha value is -1.69. The third-order valence-electron chi connectivity index (χ3n) is 2.21. The van der Waals surface area contributed by atoms with Gasteiger partial charge in [0, 0.05) is 23.9 Å². The number of hydrogen-bond acceptors (Lipinski definition) is 3. The van der Waals surface area contributed by atoms with Gasteiger partial charge in [0.05, 0.1) is 5.39 Å². The summed E-state index contributed by atoms with van der Waals surface area (Å²) in [5, 5.41) is 9.16.